The smallest absolute Gasteiger partial charge is 0.191 e. The molecule has 0 aliphatic rings. The summed E-state index contributed by atoms with van der Waals surface area (Å²) in [7, 11) is 1.62. The summed E-state index contributed by atoms with van der Waals surface area (Å²) in [6.07, 6.45) is 1.59. The highest BCUT2D eigenvalue weighted by molar-refractivity contribution is 7.80. The van der Waals surface area contributed by atoms with Crippen molar-refractivity contribution in [2.75, 3.05) is 12.4 Å². The molecule has 7 heteroatoms. The number of halogens is 1. The monoisotopic (exact) mass is 384 g/mol. The Morgan fingerprint density at radius 2 is 1.96 bits per heavy atom. The van der Waals surface area contributed by atoms with Gasteiger partial charge in [0, 0.05) is 16.6 Å². The topological polar surface area (TPSA) is 58.5 Å². The van der Waals surface area contributed by atoms with Crippen molar-refractivity contribution < 1.29 is 4.74 Å². The average molecular weight is 385 g/mol. The van der Waals surface area contributed by atoms with Crippen molar-refractivity contribution in [2.45, 2.75) is 6.92 Å². The van der Waals surface area contributed by atoms with Crippen molar-refractivity contribution in [2.24, 2.45) is 5.10 Å². The molecule has 0 spiro atoms. The molecule has 0 unspecified atom stereocenters. The first-order valence-corrected chi connectivity index (χ1v) is 8.65. The third-order valence-corrected chi connectivity index (χ3v) is 4.17. The minimum absolute atomic E-state index is 0.368. The number of aryl methyl sites for hydroxylation is 1. The Morgan fingerprint density at radius 1 is 1.19 bits per heavy atom. The summed E-state index contributed by atoms with van der Waals surface area (Å²) in [6.45, 7) is 2.02. The molecule has 5 nitrogen and oxygen atoms in total. The van der Waals surface area contributed by atoms with E-state index in [1.807, 2.05) is 55.5 Å². The fourth-order valence-electron chi connectivity index (χ4n) is 2.35. The zero-order valence-corrected chi connectivity index (χ0v) is 15.9. The van der Waals surface area contributed by atoms with Gasteiger partial charge in [-0.15, -0.1) is 0 Å². The lowest BCUT2D eigenvalue weighted by molar-refractivity contribution is 0.415. The molecule has 1 aromatic heterocycles. The van der Waals surface area contributed by atoms with Crippen LogP contribution < -0.4 is 15.5 Å². The molecule has 3 rings (SSSR count). The number of nitrogens with zero attached hydrogens (tertiary/aromatic N) is 2. The van der Waals surface area contributed by atoms with Crippen LogP contribution in [0.4, 0.5) is 5.69 Å². The molecule has 2 aromatic carbocycles. The number of ether oxygens (including phenoxy) is 1. The molecule has 3 aromatic rings. The lowest BCUT2D eigenvalue weighted by Gasteiger charge is -2.08. The summed E-state index contributed by atoms with van der Waals surface area (Å²) >= 11 is 11.5. The van der Waals surface area contributed by atoms with Crippen LogP contribution in [0.2, 0.25) is 5.15 Å². The number of hydrogen-bond donors (Lipinski definition) is 2. The van der Waals surface area contributed by atoms with E-state index in [1.54, 1.807) is 13.3 Å². The Labute approximate surface area is 162 Å². The number of hydrogen-bond acceptors (Lipinski definition) is 4. The van der Waals surface area contributed by atoms with Gasteiger partial charge in [0.1, 0.15) is 10.9 Å². The average Bonchev–Trinajstić information content (AvgIpc) is 2.63. The van der Waals surface area contributed by atoms with E-state index in [2.05, 4.69) is 20.8 Å². The third kappa shape index (κ3) is 4.47. The Balaban J connectivity index is 1.65. The standard InChI is InChI=1S/C19H17ClN4OS/c1-12-3-4-13-10-14(18(20)23-17(13)9-12)11-21-24-19(26)22-15-5-7-16(25-2)8-6-15/h3-11H,1-2H3,(H2,22,24,26)/b21-11+. The van der Waals surface area contributed by atoms with Gasteiger partial charge in [-0.3, -0.25) is 5.43 Å². The van der Waals surface area contributed by atoms with Crippen LogP contribution in [0.5, 0.6) is 5.75 Å². The Bertz CT molecular complexity index is 973. The summed E-state index contributed by atoms with van der Waals surface area (Å²) in [6, 6.07) is 15.4. The lowest BCUT2D eigenvalue weighted by atomic mass is 10.1. The van der Waals surface area contributed by atoms with E-state index in [-0.39, 0.29) is 0 Å². The Morgan fingerprint density at radius 3 is 2.69 bits per heavy atom. The zero-order valence-electron chi connectivity index (χ0n) is 14.3. The van der Waals surface area contributed by atoms with Crippen LogP contribution in [0.15, 0.2) is 53.6 Å². The summed E-state index contributed by atoms with van der Waals surface area (Å²) in [5.74, 6) is 0.779. The van der Waals surface area contributed by atoms with Crippen LogP contribution >= 0.6 is 23.8 Å². The highest BCUT2D eigenvalue weighted by Gasteiger charge is 2.04. The summed E-state index contributed by atoms with van der Waals surface area (Å²) in [5, 5.41) is 8.92. The van der Waals surface area contributed by atoms with Crippen molar-refractivity contribution in [3.05, 3.63) is 64.8 Å². The molecule has 0 aliphatic heterocycles. The minimum atomic E-state index is 0.368. The van der Waals surface area contributed by atoms with Crippen LogP contribution in [0.1, 0.15) is 11.1 Å². The molecule has 26 heavy (non-hydrogen) atoms. The largest absolute Gasteiger partial charge is 0.497 e. The van der Waals surface area contributed by atoms with E-state index < -0.39 is 0 Å². The van der Waals surface area contributed by atoms with Gasteiger partial charge < -0.3 is 10.1 Å². The second-order valence-corrected chi connectivity index (χ2v) is 6.38. The quantitative estimate of drug-likeness (QED) is 0.299. The summed E-state index contributed by atoms with van der Waals surface area (Å²) < 4.78 is 5.12. The van der Waals surface area contributed by atoms with Gasteiger partial charge in [-0.05, 0) is 61.1 Å². The predicted octanol–water partition coefficient (Wildman–Crippen LogP) is 4.53. The molecule has 0 radical (unpaired) electrons. The van der Waals surface area contributed by atoms with Gasteiger partial charge in [0.05, 0.1) is 18.8 Å². The number of benzene rings is 2. The highest BCUT2D eigenvalue weighted by atomic mass is 35.5. The fourth-order valence-corrected chi connectivity index (χ4v) is 2.72. The van der Waals surface area contributed by atoms with E-state index in [9.17, 15) is 0 Å². The van der Waals surface area contributed by atoms with Gasteiger partial charge in [-0.1, -0.05) is 23.7 Å². The van der Waals surface area contributed by atoms with Crippen molar-refractivity contribution in [3.8, 4) is 5.75 Å². The number of thiocarbonyl (C=S) groups is 1. The number of aromatic nitrogens is 1. The van der Waals surface area contributed by atoms with Gasteiger partial charge in [-0.2, -0.15) is 5.10 Å². The minimum Gasteiger partial charge on any atom is -0.497 e. The van der Waals surface area contributed by atoms with Crippen molar-refractivity contribution in [3.63, 3.8) is 0 Å². The maximum absolute atomic E-state index is 6.24. The first kappa shape index (κ1) is 18.1. The molecule has 0 saturated carbocycles. The molecule has 2 N–H and O–H groups in total. The van der Waals surface area contributed by atoms with Crippen molar-refractivity contribution in [1.82, 2.24) is 10.4 Å². The number of anilines is 1. The van der Waals surface area contributed by atoms with Crippen molar-refractivity contribution >= 4 is 51.7 Å². The second kappa shape index (κ2) is 8.12. The first-order valence-electron chi connectivity index (χ1n) is 7.86. The molecule has 0 amide bonds. The Kier molecular flexibility index (Phi) is 5.65. The molecular formula is C19H17ClN4OS. The third-order valence-electron chi connectivity index (χ3n) is 3.67. The van der Waals surface area contributed by atoms with Gasteiger partial charge in [0.15, 0.2) is 5.11 Å². The van der Waals surface area contributed by atoms with Gasteiger partial charge in [-0.25, -0.2) is 4.98 Å². The molecule has 132 valence electrons. The van der Waals surface area contributed by atoms with Crippen molar-refractivity contribution in [1.29, 1.82) is 0 Å². The van der Waals surface area contributed by atoms with E-state index in [4.69, 9.17) is 28.6 Å². The molecule has 0 fully saturated rings. The summed E-state index contributed by atoms with van der Waals surface area (Å²) in [5.41, 5.74) is 6.30. The number of fused-ring (bicyclic) bond motifs is 1. The molecule has 0 atom stereocenters. The van der Waals surface area contributed by atoms with E-state index in [1.165, 1.54) is 0 Å². The van der Waals surface area contributed by atoms with Gasteiger partial charge >= 0.3 is 0 Å². The predicted molar refractivity (Wildman–Crippen MR) is 111 cm³/mol. The SMILES string of the molecule is COc1ccc(NC(=S)N/N=C/c2cc3ccc(C)cc3nc2Cl)cc1. The lowest BCUT2D eigenvalue weighted by Crippen LogP contribution is -2.23. The van der Waals surface area contributed by atoms with Crippen LogP contribution in [-0.4, -0.2) is 23.4 Å². The van der Waals surface area contributed by atoms with Crippen LogP contribution in [0.3, 0.4) is 0 Å². The van der Waals surface area contributed by atoms with E-state index >= 15 is 0 Å². The number of methoxy groups -OCH3 is 1. The molecule has 1 heterocycles. The zero-order chi connectivity index (χ0) is 18.5. The molecule has 0 bridgehead atoms. The second-order valence-electron chi connectivity index (χ2n) is 5.62. The summed E-state index contributed by atoms with van der Waals surface area (Å²) in [4.78, 5) is 4.40. The first-order chi connectivity index (χ1) is 12.5. The Hall–Kier alpha value is -2.70. The number of rotatable bonds is 4. The fraction of sp³-hybridized carbons (Fsp3) is 0.105. The van der Waals surface area contributed by atoms with Gasteiger partial charge in [0.2, 0.25) is 0 Å². The maximum atomic E-state index is 6.24. The highest BCUT2D eigenvalue weighted by Crippen LogP contribution is 2.20. The molecule has 0 saturated heterocycles. The normalized spacial score (nSPS) is 10.9. The van der Waals surface area contributed by atoms with Crippen LogP contribution in [-0.2, 0) is 0 Å². The number of pyridine rings is 1. The molecule has 0 aliphatic carbocycles. The number of nitrogens with one attached hydrogen (secondary N) is 2. The number of hydrazone groups is 1. The van der Waals surface area contributed by atoms with Gasteiger partial charge in [0.25, 0.3) is 0 Å². The molecular weight excluding hydrogens is 368 g/mol. The van der Waals surface area contributed by atoms with Crippen LogP contribution in [0.25, 0.3) is 10.9 Å². The van der Waals surface area contributed by atoms with E-state index in [0.29, 0.717) is 15.8 Å². The van der Waals surface area contributed by atoms with Crippen LogP contribution in [0, 0.1) is 6.92 Å². The maximum Gasteiger partial charge on any atom is 0.191 e. The van der Waals surface area contributed by atoms with E-state index in [0.717, 1.165) is 27.9 Å².